The molecule has 7 heteroatoms. The largest absolute Gasteiger partial charge is 0.352 e. The molecule has 3 aliphatic rings. The van der Waals surface area contributed by atoms with Crippen LogP contribution in [-0.2, 0) is 16.0 Å². The summed E-state index contributed by atoms with van der Waals surface area (Å²) in [5.41, 5.74) is 2.60. The maximum atomic E-state index is 13.7. The molecule has 2 aromatic carbocycles. The summed E-state index contributed by atoms with van der Waals surface area (Å²) in [5.74, 6) is -0.544. The zero-order chi connectivity index (χ0) is 23.9. The van der Waals surface area contributed by atoms with Crippen molar-refractivity contribution in [1.29, 1.82) is 0 Å². The van der Waals surface area contributed by atoms with Crippen molar-refractivity contribution < 1.29 is 14.4 Å². The molecule has 2 heterocycles. The van der Waals surface area contributed by atoms with Crippen molar-refractivity contribution in [1.82, 2.24) is 15.5 Å². The number of carbonyl (C=O) groups is 3. The van der Waals surface area contributed by atoms with E-state index in [1.54, 1.807) is 16.7 Å². The fourth-order valence-electron chi connectivity index (χ4n) is 5.49. The van der Waals surface area contributed by atoms with E-state index in [0.29, 0.717) is 12.0 Å². The lowest BCUT2D eigenvalue weighted by atomic mass is 9.99. The first-order valence-electron chi connectivity index (χ1n) is 12.1. The number of hydrogen-bond donors (Lipinski definition) is 2. The third-order valence-corrected chi connectivity index (χ3v) is 8.70. The van der Waals surface area contributed by atoms with Crippen molar-refractivity contribution in [3.63, 3.8) is 0 Å². The molecular formula is C27H31N3O3S. The van der Waals surface area contributed by atoms with Crippen LogP contribution in [0.25, 0.3) is 0 Å². The molecule has 2 aliphatic heterocycles. The molecule has 1 aliphatic carbocycles. The van der Waals surface area contributed by atoms with E-state index in [4.69, 9.17) is 0 Å². The highest BCUT2D eigenvalue weighted by molar-refractivity contribution is 8.01. The van der Waals surface area contributed by atoms with Crippen molar-refractivity contribution in [2.75, 3.05) is 0 Å². The molecular weight excluding hydrogens is 446 g/mol. The van der Waals surface area contributed by atoms with E-state index in [9.17, 15) is 14.4 Å². The van der Waals surface area contributed by atoms with Gasteiger partial charge in [-0.25, -0.2) is 0 Å². The predicted octanol–water partition coefficient (Wildman–Crippen LogP) is 3.82. The standard InChI is InChI=1S/C27H31N3O3S/c1-27(2)22(30-25(33)19-14-8-9-15-20(19)26(30)34-27)24(32)29-21(16-17-10-4-3-5-11-17)23(31)28-18-12-6-7-13-18/h3-5,8-11,14-15,18,21-22,26H,6-7,12-13,16H2,1-2H3,(H,28,31)(H,29,32)/t21-,22+,26-/m1/s1. The summed E-state index contributed by atoms with van der Waals surface area (Å²) in [6, 6.07) is 16.1. The van der Waals surface area contributed by atoms with Gasteiger partial charge in [-0.15, -0.1) is 11.8 Å². The van der Waals surface area contributed by atoms with Crippen LogP contribution >= 0.6 is 11.8 Å². The second-order valence-corrected chi connectivity index (χ2v) is 11.8. The Hall–Kier alpha value is -2.80. The highest BCUT2D eigenvalue weighted by Gasteiger charge is 2.57. The summed E-state index contributed by atoms with van der Waals surface area (Å²) >= 11 is 1.63. The van der Waals surface area contributed by atoms with Crippen LogP contribution in [0.2, 0.25) is 0 Å². The van der Waals surface area contributed by atoms with E-state index in [0.717, 1.165) is 36.8 Å². The van der Waals surface area contributed by atoms with Crippen LogP contribution < -0.4 is 10.6 Å². The second kappa shape index (κ2) is 9.10. The van der Waals surface area contributed by atoms with Gasteiger partial charge in [0.1, 0.15) is 17.5 Å². The molecule has 3 atom stereocenters. The average molecular weight is 478 g/mol. The Morgan fingerprint density at radius 1 is 1.06 bits per heavy atom. The number of fused-ring (bicyclic) bond motifs is 3. The molecule has 2 fully saturated rings. The molecule has 1 saturated carbocycles. The normalized spacial score (nSPS) is 23.9. The number of amides is 3. The summed E-state index contributed by atoms with van der Waals surface area (Å²) < 4.78 is -0.489. The van der Waals surface area contributed by atoms with Crippen LogP contribution in [0.15, 0.2) is 54.6 Å². The lowest BCUT2D eigenvalue weighted by molar-refractivity contribution is -0.132. The van der Waals surface area contributed by atoms with E-state index in [1.807, 2.05) is 68.4 Å². The van der Waals surface area contributed by atoms with E-state index in [1.165, 1.54) is 0 Å². The number of nitrogens with zero attached hydrogens (tertiary/aromatic N) is 1. The summed E-state index contributed by atoms with van der Waals surface area (Å²) in [6.45, 7) is 4.00. The van der Waals surface area contributed by atoms with Gasteiger partial charge in [-0.1, -0.05) is 61.4 Å². The molecule has 34 heavy (non-hydrogen) atoms. The number of hydrogen-bond acceptors (Lipinski definition) is 4. The number of nitrogens with one attached hydrogen (secondary N) is 2. The van der Waals surface area contributed by atoms with Gasteiger partial charge in [0.2, 0.25) is 11.8 Å². The van der Waals surface area contributed by atoms with Crippen molar-refractivity contribution in [3.05, 3.63) is 71.3 Å². The SMILES string of the molecule is CC1(C)S[C@@H]2c3ccccc3C(=O)N2[C@H]1C(=O)N[C@H](Cc1ccccc1)C(=O)NC1CCCC1. The molecule has 0 unspecified atom stereocenters. The summed E-state index contributed by atoms with van der Waals surface area (Å²) in [4.78, 5) is 42.0. The van der Waals surface area contributed by atoms with E-state index in [-0.39, 0.29) is 29.1 Å². The van der Waals surface area contributed by atoms with Crippen LogP contribution in [0.1, 0.15) is 66.4 Å². The maximum absolute atomic E-state index is 13.7. The lowest BCUT2D eigenvalue weighted by Gasteiger charge is -2.31. The first-order chi connectivity index (χ1) is 16.3. The van der Waals surface area contributed by atoms with Crippen molar-refractivity contribution in [2.24, 2.45) is 0 Å². The quantitative estimate of drug-likeness (QED) is 0.663. The van der Waals surface area contributed by atoms with Gasteiger partial charge in [0.05, 0.1) is 0 Å². The fourth-order valence-corrected chi connectivity index (χ4v) is 7.07. The first kappa shape index (κ1) is 23.0. The monoisotopic (exact) mass is 477 g/mol. The van der Waals surface area contributed by atoms with Gasteiger partial charge in [0.15, 0.2) is 0 Å². The topological polar surface area (TPSA) is 78.5 Å². The molecule has 0 aromatic heterocycles. The van der Waals surface area contributed by atoms with Gasteiger partial charge in [0, 0.05) is 22.8 Å². The van der Waals surface area contributed by atoms with E-state index >= 15 is 0 Å². The van der Waals surface area contributed by atoms with Gasteiger partial charge in [-0.2, -0.15) is 0 Å². The minimum atomic E-state index is -0.699. The smallest absolute Gasteiger partial charge is 0.256 e. The molecule has 178 valence electrons. The summed E-state index contributed by atoms with van der Waals surface area (Å²) in [5, 5.41) is 6.00. The Morgan fingerprint density at radius 3 is 2.47 bits per heavy atom. The van der Waals surface area contributed by atoms with Crippen molar-refractivity contribution >= 4 is 29.5 Å². The second-order valence-electron chi connectivity index (χ2n) is 10.0. The Labute approximate surface area is 204 Å². The van der Waals surface area contributed by atoms with Crippen molar-refractivity contribution in [2.45, 2.75) is 74.2 Å². The van der Waals surface area contributed by atoms with E-state index < -0.39 is 16.8 Å². The third kappa shape index (κ3) is 4.22. The minimum absolute atomic E-state index is 0.117. The molecule has 1 saturated heterocycles. The highest BCUT2D eigenvalue weighted by Crippen LogP contribution is 2.56. The van der Waals surface area contributed by atoms with Crippen LogP contribution in [0.5, 0.6) is 0 Å². The molecule has 6 nitrogen and oxygen atoms in total. The van der Waals surface area contributed by atoms with Crippen LogP contribution in [0.3, 0.4) is 0 Å². The molecule has 2 aromatic rings. The van der Waals surface area contributed by atoms with E-state index in [2.05, 4.69) is 10.6 Å². The van der Waals surface area contributed by atoms with Gasteiger partial charge < -0.3 is 15.5 Å². The molecule has 5 rings (SSSR count). The third-order valence-electron chi connectivity index (χ3n) is 7.16. The highest BCUT2D eigenvalue weighted by atomic mass is 32.2. The lowest BCUT2D eigenvalue weighted by Crippen LogP contribution is -2.58. The zero-order valence-electron chi connectivity index (χ0n) is 19.6. The zero-order valence-corrected chi connectivity index (χ0v) is 20.4. The number of benzene rings is 2. The Balaban J connectivity index is 1.38. The van der Waals surface area contributed by atoms with Gasteiger partial charge in [-0.05, 0) is 43.9 Å². The maximum Gasteiger partial charge on any atom is 0.256 e. The summed E-state index contributed by atoms with van der Waals surface area (Å²) in [6.07, 6.45) is 4.60. The number of carbonyl (C=O) groups excluding carboxylic acids is 3. The Bertz CT molecular complexity index is 1100. The summed E-state index contributed by atoms with van der Waals surface area (Å²) in [7, 11) is 0. The van der Waals surface area contributed by atoms with Gasteiger partial charge in [-0.3, -0.25) is 14.4 Å². The molecule has 0 bridgehead atoms. The van der Waals surface area contributed by atoms with Gasteiger partial charge >= 0.3 is 0 Å². The number of thioether (sulfide) groups is 1. The van der Waals surface area contributed by atoms with Crippen LogP contribution in [0.4, 0.5) is 0 Å². The molecule has 2 N–H and O–H groups in total. The molecule has 0 radical (unpaired) electrons. The fraction of sp³-hybridized carbons (Fsp3) is 0.444. The van der Waals surface area contributed by atoms with Gasteiger partial charge in [0.25, 0.3) is 5.91 Å². The van der Waals surface area contributed by atoms with Crippen LogP contribution in [0, 0.1) is 0 Å². The first-order valence-corrected chi connectivity index (χ1v) is 13.0. The van der Waals surface area contributed by atoms with Crippen LogP contribution in [-0.4, -0.2) is 45.5 Å². The Morgan fingerprint density at radius 2 is 1.74 bits per heavy atom. The average Bonchev–Trinajstić information content (AvgIpc) is 3.49. The minimum Gasteiger partial charge on any atom is -0.352 e. The van der Waals surface area contributed by atoms with Crippen molar-refractivity contribution in [3.8, 4) is 0 Å². The number of rotatable bonds is 6. The predicted molar refractivity (Wildman–Crippen MR) is 133 cm³/mol. The molecule has 3 amide bonds. The molecule has 0 spiro atoms. The Kier molecular flexibility index (Phi) is 6.15.